The van der Waals surface area contributed by atoms with Crippen LogP contribution in [0.5, 0.6) is 0 Å². The predicted octanol–water partition coefficient (Wildman–Crippen LogP) is 4.28. The summed E-state index contributed by atoms with van der Waals surface area (Å²) in [6, 6.07) is 11.3. The Labute approximate surface area is 121 Å². The lowest BCUT2D eigenvalue weighted by Crippen LogP contribution is -2.14. The molecule has 0 fully saturated rings. The second-order valence-corrected chi connectivity index (χ2v) is 5.20. The van der Waals surface area contributed by atoms with Gasteiger partial charge in [-0.05, 0) is 41.8 Å². The van der Waals surface area contributed by atoms with Gasteiger partial charge in [-0.3, -0.25) is 0 Å². The average molecular weight is 299 g/mol. The van der Waals surface area contributed by atoms with E-state index >= 15 is 0 Å². The Morgan fingerprint density at radius 1 is 0.947 bits per heavy atom. The van der Waals surface area contributed by atoms with Gasteiger partial charge in [-0.25, -0.2) is 4.39 Å². The second-order valence-electron chi connectivity index (χ2n) is 4.39. The molecule has 0 aromatic heterocycles. The van der Waals surface area contributed by atoms with Crippen LogP contribution in [0, 0.1) is 5.82 Å². The van der Waals surface area contributed by atoms with Crippen LogP contribution in [-0.2, 0) is 12.8 Å². The zero-order chi connectivity index (χ0) is 13.8. The minimum atomic E-state index is -0.608. The number of aliphatic hydroxyl groups is 1. The zero-order valence-electron chi connectivity index (χ0n) is 10.1. The summed E-state index contributed by atoms with van der Waals surface area (Å²) in [5.41, 5.74) is 1.61. The van der Waals surface area contributed by atoms with Gasteiger partial charge in [0.25, 0.3) is 0 Å². The topological polar surface area (TPSA) is 20.2 Å². The van der Waals surface area contributed by atoms with Crippen molar-refractivity contribution < 1.29 is 9.50 Å². The van der Waals surface area contributed by atoms with Crippen molar-refractivity contribution in [2.45, 2.75) is 18.9 Å². The molecule has 0 bridgehead atoms. The molecule has 0 radical (unpaired) electrons. The number of rotatable bonds is 4. The Bertz CT molecular complexity index is 534. The van der Waals surface area contributed by atoms with Crippen molar-refractivity contribution in [1.29, 1.82) is 0 Å². The van der Waals surface area contributed by atoms with Gasteiger partial charge in [-0.2, -0.15) is 0 Å². The Morgan fingerprint density at radius 2 is 1.53 bits per heavy atom. The smallest absolute Gasteiger partial charge is 0.123 e. The highest BCUT2D eigenvalue weighted by molar-refractivity contribution is 6.35. The average Bonchev–Trinajstić information content (AvgIpc) is 2.37. The number of hydrogen-bond acceptors (Lipinski definition) is 1. The summed E-state index contributed by atoms with van der Waals surface area (Å²) >= 11 is 12.1. The van der Waals surface area contributed by atoms with Gasteiger partial charge in [0, 0.05) is 16.5 Å². The maximum atomic E-state index is 12.8. The third-order valence-corrected chi connectivity index (χ3v) is 3.59. The summed E-state index contributed by atoms with van der Waals surface area (Å²) in [6.45, 7) is 0. The second kappa shape index (κ2) is 6.38. The molecule has 0 amide bonds. The predicted molar refractivity (Wildman–Crippen MR) is 76.3 cm³/mol. The lowest BCUT2D eigenvalue weighted by atomic mass is 10.0. The summed E-state index contributed by atoms with van der Waals surface area (Å²) < 4.78 is 12.8. The molecular weight excluding hydrogens is 286 g/mol. The van der Waals surface area contributed by atoms with E-state index in [1.54, 1.807) is 30.3 Å². The molecular formula is C15H13Cl2FO. The largest absolute Gasteiger partial charge is 0.392 e. The molecule has 1 nitrogen and oxygen atoms in total. The highest BCUT2D eigenvalue weighted by Crippen LogP contribution is 2.26. The van der Waals surface area contributed by atoms with Crippen LogP contribution in [0.25, 0.3) is 0 Å². The highest BCUT2D eigenvalue weighted by atomic mass is 35.5. The van der Waals surface area contributed by atoms with Crippen molar-refractivity contribution in [3.8, 4) is 0 Å². The number of benzene rings is 2. The first-order valence-electron chi connectivity index (χ1n) is 5.91. The van der Waals surface area contributed by atoms with Crippen molar-refractivity contribution in [2.24, 2.45) is 0 Å². The van der Waals surface area contributed by atoms with Crippen LogP contribution in [-0.4, -0.2) is 11.2 Å². The van der Waals surface area contributed by atoms with E-state index in [0.29, 0.717) is 22.9 Å². The zero-order valence-corrected chi connectivity index (χ0v) is 11.6. The molecule has 1 N–H and O–H groups in total. The van der Waals surface area contributed by atoms with E-state index in [2.05, 4.69) is 0 Å². The summed E-state index contributed by atoms with van der Waals surface area (Å²) in [5, 5.41) is 11.2. The van der Waals surface area contributed by atoms with Crippen LogP contribution in [0.1, 0.15) is 11.1 Å². The maximum absolute atomic E-state index is 12.8. The quantitative estimate of drug-likeness (QED) is 0.893. The molecule has 1 unspecified atom stereocenters. The fourth-order valence-electron chi connectivity index (χ4n) is 1.93. The van der Waals surface area contributed by atoms with Gasteiger partial charge in [0.2, 0.25) is 0 Å². The lowest BCUT2D eigenvalue weighted by Gasteiger charge is -2.13. The van der Waals surface area contributed by atoms with Crippen molar-refractivity contribution in [3.05, 3.63) is 69.5 Å². The number of aliphatic hydroxyl groups excluding tert-OH is 1. The van der Waals surface area contributed by atoms with Gasteiger partial charge in [0.05, 0.1) is 6.10 Å². The van der Waals surface area contributed by atoms with Crippen molar-refractivity contribution in [1.82, 2.24) is 0 Å². The number of hydrogen-bond donors (Lipinski definition) is 1. The number of halogens is 3. The van der Waals surface area contributed by atoms with Crippen LogP contribution in [0.2, 0.25) is 10.0 Å². The molecule has 4 heteroatoms. The normalized spacial score (nSPS) is 12.4. The molecule has 1 atom stereocenters. The first kappa shape index (κ1) is 14.3. The van der Waals surface area contributed by atoms with E-state index in [0.717, 1.165) is 11.1 Å². The highest BCUT2D eigenvalue weighted by Gasteiger charge is 2.12. The van der Waals surface area contributed by atoms with Crippen LogP contribution in [0.4, 0.5) is 4.39 Å². The molecule has 100 valence electrons. The van der Waals surface area contributed by atoms with Gasteiger partial charge in [0.1, 0.15) is 5.82 Å². The molecule has 0 heterocycles. The van der Waals surface area contributed by atoms with Crippen LogP contribution in [0.3, 0.4) is 0 Å². The summed E-state index contributed by atoms with van der Waals surface area (Å²) in [5.74, 6) is -0.285. The Balaban J connectivity index is 2.05. The van der Waals surface area contributed by atoms with Crippen molar-refractivity contribution in [3.63, 3.8) is 0 Å². The fraction of sp³-hybridized carbons (Fsp3) is 0.200. The summed E-state index contributed by atoms with van der Waals surface area (Å²) in [6.07, 6.45) is 0.195. The molecule has 2 rings (SSSR count). The van der Waals surface area contributed by atoms with E-state index in [-0.39, 0.29) is 5.82 Å². The minimum absolute atomic E-state index is 0.285. The molecule has 2 aromatic carbocycles. The van der Waals surface area contributed by atoms with Crippen molar-refractivity contribution in [2.75, 3.05) is 0 Å². The molecule has 0 spiro atoms. The van der Waals surface area contributed by atoms with Crippen LogP contribution >= 0.6 is 23.2 Å². The SMILES string of the molecule is OC(Cc1ccc(F)cc1)Cc1c(Cl)cccc1Cl. The van der Waals surface area contributed by atoms with Crippen molar-refractivity contribution >= 4 is 23.2 Å². The Morgan fingerprint density at radius 3 is 2.11 bits per heavy atom. The molecule has 0 saturated heterocycles. The molecule has 19 heavy (non-hydrogen) atoms. The van der Waals surface area contributed by atoms with E-state index in [4.69, 9.17) is 23.2 Å². The monoisotopic (exact) mass is 298 g/mol. The van der Waals surface area contributed by atoms with Gasteiger partial charge >= 0.3 is 0 Å². The maximum Gasteiger partial charge on any atom is 0.123 e. The van der Waals surface area contributed by atoms with Crippen LogP contribution < -0.4 is 0 Å². The van der Waals surface area contributed by atoms with Gasteiger partial charge < -0.3 is 5.11 Å². The first-order chi connectivity index (χ1) is 9.06. The van der Waals surface area contributed by atoms with Gasteiger partial charge in [-0.15, -0.1) is 0 Å². The van der Waals surface area contributed by atoms with Gasteiger partial charge in [-0.1, -0.05) is 41.4 Å². The Kier molecular flexibility index (Phi) is 4.81. The third-order valence-electron chi connectivity index (χ3n) is 2.89. The van der Waals surface area contributed by atoms with E-state index in [1.165, 1.54) is 12.1 Å². The summed E-state index contributed by atoms with van der Waals surface area (Å²) in [4.78, 5) is 0. The standard InChI is InChI=1S/C15H13Cl2FO/c16-14-2-1-3-15(17)13(14)9-12(19)8-10-4-6-11(18)7-5-10/h1-7,12,19H,8-9H2. The lowest BCUT2D eigenvalue weighted by molar-refractivity contribution is 0.175. The Hall–Kier alpha value is -1.09. The molecule has 0 aliphatic carbocycles. The summed E-state index contributed by atoms with van der Waals surface area (Å²) in [7, 11) is 0. The first-order valence-corrected chi connectivity index (χ1v) is 6.67. The molecule has 2 aromatic rings. The third kappa shape index (κ3) is 3.93. The van der Waals surface area contributed by atoms with E-state index in [9.17, 15) is 9.50 Å². The molecule has 0 aliphatic rings. The minimum Gasteiger partial charge on any atom is -0.392 e. The van der Waals surface area contributed by atoms with E-state index in [1.807, 2.05) is 0 Å². The van der Waals surface area contributed by atoms with Crippen LogP contribution in [0.15, 0.2) is 42.5 Å². The fourth-order valence-corrected chi connectivity index (χ4v) is 2.48. The molecule has 0 saturated carbocycles. The van der Waals surface area contributed by atoms with Gasteiger partial charge in [0.15, 0.2) is 0 Å². The molecule has 0 aliphatic heterocycles. The van der Waals surface area contributed by atoms with E-state index < -0.39 is 6.10 Å².